The number of para-hydroxylation sites is 1. The molecule has 0 atom stereocenters. The van der Waals surface area contributed by atoms with Crippen molar-refractivity contribution < 1.29 is 18.0 Å². The van der Waals surface area contributed by atoms with Gasteiger partial charge in [-0.05, 0) is 65.9 Å². The van der Waals surface area contributed by atoms with Gasteiger partial charge in [-0.2, -0.15) is 13.2 Å². The van der Waals surface area contributed by atoms with E-state index in [0.717, 1.165) is 11.3 Å². The van der Waals surface area contributed by atoms with Crippen LogP contribution in [0.4, 0.5) is 24.5 Å². The Kier molecular flexibility index (Phi) is 6.49. The SMILES string of the molecule is CNc1ccc(CN(C(=O)c2ccc(SC(F)(F)F)cc2)c2ccccc2)cc1. The summed E-state index contributed by atoms with van der Waals surface area (Å²) in [6.45, 7) is 0.339. The minimum absolute atomic E-state index is 0.0444. The van der Waals surface area contributed by atoms with E-state index in [0.29, 0.717) is 17.8 Å². The van der Waals surface area contributed by atoms with Crippen molar-refractivity contribution in [1.82, 2.24) is 0 Å². The van der Waals surface area contributed by atoms with E-state index >= 15 is 0 Å². The zero-order valence-corrected chi connectivity index (χ0v) is 16.4. The molecule has 0 bridgehead atoms. The maximum Gasteiger partial charge on any atom is 0.446 e. The number of thioether (sulfide) groups is 1. The van der Waals surface area contributed by atoms with Crippen molar-refractivity contribution in [2.45, 2.75) is 16.9 Å². The Bertz CT molecular complexity index is 943. The Labute approximate surface area is 171 Å². The Morgan fingerprint density at radius 2 is 1.55 bits per heavy atom. The van der Waals surface area contributed by atoms with Crippen LogP contribution in [0.5, 0.6) is 0 Å². The van der Waals surface area contributed by atoms with Crippen molar-refractivity contribution in [2.75, 3.05) is 17.3 Å². The van der Waals surface area contributed by atoms with Gasteiger partial charge in [0.1, 0.15) is 0 Å². The van der Waals surface area contributed by atoms with Crippen LogP contribution in [-0.4, -0.2) is 18.5 Å². The molecule has 0 saturated heterocycles. The van der Waals surface area contributed by atoms with Gasteiger partial charge in [-0.25, -0.2) is 0 Å². The van der Waals surface area contributed by atoms with Crippen LogP contribution in [0.2, 0.25) is 0 Å². The highest BCUT2D eigenvalue weighted by molar-refractivity contribution is 8.00. The predicted octanol–water partition coefficient (Wildman–Crippen LogP) is 6.19. The molecule has 0 aliphatic heterocycles. The van der Waals surface area contributed by atoms with Crippen LogP contribution in [0.3, 0.4) is 0 Å². The molecule has 0 heterocycles. The number of nitrogens with one attached hydrogen (secondary N) is 1. The van der Waals surface area contributed by atoms with E-state index < -0.39 is 5.51 Å². The normalized spacial score (nSPS) is 11.2. The number of alkyl halides is 3. The third-order valence-corrected chi connectivity index (χ3v) is 4.97. The zero-order chi connectivity index (χ0) is 20.9. The number of carbonyl (C=O) groups is 1. The standard InChI is InChI=1S/C22H19F3N2OS/c1-26-18-11-7-16(8-12-18)15-27(19-5-3-2-4-6-19)21(28)17-9-13-20(14-10-17)29-22(23,24)25/h2-14,26H,15H2,1H3. The van der Waals surface area contributed by atoms with E-state index in [9.17, 15) is 18.0 Å². The molecular weight excluding hydrogens is 397 g/mol. The number of rotatable bonds is 6. The molecule has 3 aromatic rings. The van der Waals surface area contributed by atoms with Crippen LogP contribution >= 0.6 is 11.8 Å². The largest absolute Gasteiger partial charge is 0.446 e. The fourth-order valence-electron chi connectivity index (χ4n) is 2.80. The van der Waals surface area contributed by atoms with Crippen LogP contribution in [0.25, 0.3) is 0 Å². The van der Waals surface area contributed by atoms with Crippen LogP contribution < -0.4 is 10.2 Å². The zero-order valence-electron chi connectivity index (χ0n) is 15.6. The first-order valence-electron chi connectivity index (χ1n) is 8.85. The molecule has 0 aliphatic carbocycles. The van der Waals surface area contributed by atoms with Gasteiger partial charge in [0, 0.05) is 28.9 Å². The van der Waals surface area contributed by atoms with Crippen molar-refractivity contribution >= 4 is 29.0 Å². The molecule has 0 spiro atoms. The predicted molar refractivity (Wildman–Crippen MR) is 111 cm³/mol. The maximum atomic E-state index is 13.2. The molecule has 3 rings (SSSR count). The highest BCUT2D eigenvalue weighted by Gasteiger charge is 2.29. The van der Waals surface area contributed by atoms with Crippen LogP contribution in [-0.2, 0) is 6.54 Å². The molecule has 1 amide bonds. The first-order valence-corrected chi connectivity index (χ1v) is 9.67. The van der Waals surface area contributed by atoms with E-state index in [1.165, 1.54) is 24.3 Å². The number of carbonyl (C=O) groups excluding carboxylic acids is 1. The first kappa shape index (κ1) is 20.8. The van der Waals surface area contributed by atoms with Gasteiger partial charge in [0.2, 0.25) is 0 Å². The number of nitrogens with zero attached hydrogens (tertiary/aromatic N) is 1. The molecule has 3 aromatic carbocycles. The molecule has 1 N–H and O–H groups in total. The summed E-state index contributed by atoms with van der Waals surface area (Å²) in [5.74, 6) is -0.280. The Morgan fingerprint density at radius 1 is 0.931 bits per heavy atom. The second-order valence-corrected chi connectivity index (χ2v) is 7.38. The fourth-order valence-corrected chi connectivity index (χ4v) is 3.34. The van der Waals surface area contributed by atoms with E-state index in [-0.39, 0.29) is 22.6 Å². The third kappa shape index (κ3) is 5.77. The minimum atomic E-state index is -4.36. The summed E-state index contributed by atoms with van der Waals surface area (Å²) in [5, 5.41) is 3.05. The summed E-state index contributed by atoms with van der Waals surface area (Å²) in [5.41, 5.74) is -1.42. The van der Waals surface area contributed by atoms with Gasteiger partial charge in [0.15, 0.2) is 0 Å². The molecule has 0 radical (unpaired) electrons. The monoisotopic (exact) mass is 416 g/mol. The lowest BCUT2D eigenvalue weighted by atomic mass is 10.1. The van der Waals surface area contributed by atoms with Crippen LogP contribution in [0, 0.1) is 0 Å². The number of anilines is 2. The number of hydrogen-bond acceptors (Lipinski definition) is 3. The molecule has 0 aliphatic rings. The maximum absolute atomic E-state index is 13.2. The first-order chi connectivity index (χ1) is 13.9. The lowest BCUT2D eigenvalue weighted by molar-refractivity contribution is -0.0328. The lowest BCUT2D eigenvalue weighted by Gasteiger charge is -2.23. The number of hydrogen-bond donors (Lipinski definition) is 1. The van der Waals surface area contributed by atoms with E-state index in [2.05, 4.69) is 5.32 Å². The average Bonchev–Trinajstić information content (AvgIpc) is 2.72. The van der Waals surface area contributed by atoms with Crippen molar-refractivity contribution in [2.24, 2.45) is 0 Å². The highest BCUT2D eigenvalue weighted by atomic mass is 32.2. The Morgan fingerprint density at radius 3 is 2.10 bits per heavy atom. The Balaban J connectivity index is 1.86. The van der Waals surface area contributed by atoms with Gasteiger partial charge in [0.25, 0.3) is 5.91 Å². The van der Waals surface area contributed by atoms with Crippen molar-refractivity contribution in [3.8, 4) is 0 Å². The fraction of sp³-hybridized carbons (Fsp3) is 0.136. The van der Waals surface area contributed by atoms with Gasteiger partial charge in [-0.1, -0.05) is 30.3 Å². The topological polar surface area (TPSA) is 32.3 Å². The van der Waals surface area contributed by atoms with Gasteiger partial charge >= 0.3 is 5.51 Å². The van der Waals surface area contributed by atoms with Crippen LogP contribution in [0.1, 0.15) is 15.9 Å². The Hall–Kier alpha value is -2.93. The molecule has 7 heteroatoms. The average molecular weight is 416 g/mol. The molecule has 0 unspecified atom stereocenters. The van der Waals surface area contributed by atoms with Gasteiger partial charge in [0.05, 0.1) is 6.54 Å². The summed E-state index contributed by atoms with van der Waals surface area (Å²) in [6, 6.07) is 22.4. The number of halogens is 3. The molecule has 3 nitrogen and oxygen atoms in total. The summed E-state index contributed by atoms with van der Waals surface area (Å²) < 4.78 is 37.6. The molecule has 150 valence electrons. The summed E-state index contributed by atoms with van der Waals surface area (Å²) in [7, 11) is 1.83. The quantitative estimate of drug-likeness (QED) is 0.487. The molecule has 29 heavy (non-hydrogen) atoms. The summed E-state index contributed by atoms with van der Waals surface area (Å²) in [4.78, 5) is 14.8. The number of amides is 1. The van der Waals surface area contributed by atoms with Gasteiger partial charge in [-0.3, -0.25) is 4.79 Å². The molecule has 0 saturated carbocycles. The van der Waals surface area contributed by atoms with E-state index in [1.807, 2.05) is 61.6 Å². The van der Waals surface area contributed by atoms with Gasteiger partial charge < -0.3 is 10.2 Å². The second kappa shape index (κ2) is 9.05. The second-order valence-electron chi connectivity index (χ2n) is 6.25. The van der Waals surface area contributed by atoms with Gasteiger partial charge in [-0.15, -0.1) is 0 Å². The lowest BCUT2D eigenvalue weighted by Crippen LogP contribution is -2.30. The molecular formula is C22H19F3N2OS. The molecule has 0 fully saturated rings. The van der Waals surface area contributed by atoms with Crippen molar-refractivity contribution in [3.05, 3.63) is 90.0 Å². The molecule has 0 aromatic heterocycles. The third-order valence-electron chi connectivity index (χ3n) is 4.23. The summed E-state index contributed by atoms with van der Waals surface area (Å²) in [6.07, 6.45) is 0. The summed E-state index contributed by atoms with van der Waals surface area (Å²) >= 11 is -0.199. The number of benzene rings is 3. The van der Waals surface area contributed by atoms with Crippen molar-refractivity contribution in [1.29, 1.82) is 0 Å². The van der Waals surface area contributed by atoms with E-state index in [4.69, 9.17) is 0 Å². The minimum Gasteiger partial charge on any atom is -0.388 e. The van der Waals surface area contributed by atoms with Crippen LogP contribution in [0.15, 0.2) is 83.8 Å². The smallest absolute Gasteiger partial charge is 0.388 e. The van der Waals surface area contributed by atoms with Crippen molar-refractivity contribution in [3.63, 3.8) is 0 Å². The van der Waals surface area contributed by atoms with E-state index in [1.54, 1.807) is 4.90 Å². The highest BCUT2D eigenvalue weighted by Crippen LogP contribution is 2.36.